The molecule has 20 heavy (non-hydrogen) atoms. The van der Waals surface area contributed by atoms with Crippen LogP contribution in [0.25, 0.3) is 0 Å². The number of amides is 2. The number of piperidine rings is 1. The summed E-state index contributed by atoms with van der Waals surface area (Å²) < 4.78 is 0. The van der Waals surface area contributed by atoms with E-state index in [1.807, 2.05) is 24.3 Å². The molecule has 0 atom stereocenters. The Morgan fingerprint density at radius 2 is 2.10 bits per heavy atom. The third kappa shape index (κ3) is 4.18. The summed E-state index contributed by atoms with van der Waals surface area (Å²) in [7, 11) is 0. The van der Waals surface area contributed by atoms with E-state index in [2.05, 4.69) is 21.5 Å². The van der Waals surface area contributed by atoms with E-state index in [0.717, 1.165) is 38.2 Å². The van der Waals surface area contributed by atoms with Crippen molar-refractivity contribution in [3.8, 4) is 12.3 Å². The fraction of sp³-hybridized carbons (Fsp3) is 0.400. The van der Waals surface area contributed by atoms with Crippen LogP contribution in [0.4, 0.5) is 16.2 Å². The maximum absolute atomic E-state index is 10.8. The lowest BCUT2D eigenvalue weighted by Gasteiger charge is -2.31. The van der Waals surface area contributed by atoms with E-state index in [1.54, 1.807) is 0 Å². The van der Waals surface area contributed by atoms with Crippen molar-refractivity contribution in [2.45, 2.75) is 18.9 Å². The molecule has 1 aliphatic heterocycles. The van der Waals surface area contributed by atoms with Gasteiger partial charge >= 0.3 is 6.03 Å². The molecule has 0 aliphatic carbocycles. The second-order valence-electron chi connectivity index (χ2n) is 4.97. The number of anilines is 2. The van der Waals surface area contributed by atoms with Crippen LogP contribution >= 0.6 is 0 Å². The van der Waals surface area contributed by atoms with Crippen LogP contribution in [0.3, 0.4) is 0 Å². The van der Waals surface area contributed by atoms with E-state index in [4.69, 9.17) is 12.2 Å². The summed E-state index contributed by atoms with van der Waals surface area (Å²) in [5.74, 6) is 2.68. The van der Waals surface area contributed by atoms with Gasteiger partial charge in [-0.1, -0.05) is 12.0 Å². The maximum atomic E-state index is 10.8. The first-order valence-electron chi connectivity index (χ1n) is 6.76. The van der Waals surface area contributed by atoms with Crippen molar-refractivity contribution in [3.63, 3.8) is 0 Å². The van der Waals surface area contributed by atoms with Gasteiger partial charge in [-0.25, -0.2) is 4.79 Å². The molecule has 0 spiro atoms. The first-order chi connectivity index (χ1) is 9.67. The van der Waals surface area contributed by atoms with Gasteiger partial charge in [0, 0.05) is 30.5 Å². The Hall–Kier alpha value is -2.19. The van der Waals surface area contributed by atoms with E-state index < -0.39 is 6.03 Å². The Labute approximate surface area is 119 Å². The SMILES string of the molecule is C#CCN1CCC(Nc2cccc(NC(N)=O)c2)CC1. The highest BCUT2D eigenvalue weighted by Crippen LogP contribution is 2.19. The minimum Gasteiger partial charge on any atom is -0.382 e. The Bertz CT molecular complexity index is 501. The Morgan fingerprint density at radius 3 is 2.75 bits per heavy atom. The van der Waals surface area contributed by atoms with Crippen molar-refractivity contribution in [1.29, 1.82) is 0 Å². The number of urea groups is 1. The lowest BCUT2D eigenvalue weighted by Crippen LogP contribution is -2.39. The van der Waals surface area contributed by atoms with Gasteiger partial charge in [0.1, 0.15) is 0 Å². The van der Waals surface area contributed by atoms with Crippen LogP contribution < -0.4 is 16.4 Å². The molecule has 1 aliphatic rings. The van der Waals surface area contributed by atoms with Crippen molar-refractivity contribution < 1.29 is 4.79 Å². The van der Waals surface area contributed by atoms with Gasteiger partial charge in [0.25, 0.3) is 0 Å². The van der Waals surface area contributed by atoms with Crippen molar-refractivity contribution in [1.82, 2.24) is 4.90 Å². The van der Waals surface area contributed by atoms with Crippen LogP contribution in [0, 0.1) is 12.3 Å². The van der Waals surface area contributed by atoms with E-state index in [-0.39, 0.29) is 0 Å². The third-order valence-corrected chi connectivity index (χ3v) is 3.40. The summed E-state index contributed by atoms with van der Waals surface area (Å²) in [6.07, 6.45) is 7.45. The standard InChI is InChI=1S/C15H20N4O/c1-2-8-19-9-6-12(7-10-19)17-13-4-3-5-14(11-13)18-15(16)20/h1,3-5,11-12,17H,6-10H2,(H3,16,18,20). The number of terminal acetylenes is 1. The molecule has 0 radical (unpaired) electrons. The van der Waals surface area contributed by atoms with E-state index in [1.165, 1.54) is 0 Å². The first-order valence-corrected chi connectivity index (χ1v) is 6.76. The van der Waals surface area contributed by atoms with Crippen LogP contribution in [0.2, 0.25) is 0 Å². The average molecular weight is 272 g/mol. The number of benzene rings is 1. The highest BCUT2D eigenvalue weighted by atomic mass is 16.2. The molecule has 2 rings (SSSR count). The summed E-state index contributed by atoms with van der Waals surface area (Å²) in [4.78, 5) is 13.1. The number of rotatable bonds is 4. The molecule has 1 fully saturated rings. The number of carbonyl (C=O) groups excluding carboxylic acids is 1. The zero-order valence-corrected chi connectivity index (χ0v) is 11.4. The lowest BCUT2D eigenvalue weighted by molar-refractivity contribution is 0.243. The maximum Gasteiger partial charge on any atom is 0.316 e. The molecule has 1 aromatic rings. The minimum atomic E-state index is -0.551. The molecular weight excluding hydrogens is 252 g/mol. The van der Waals surface area contributed by atoms with Crippen LogP contribution in [0.1, 0.15) is 12.8 Å². The summed E-state index contributed by atoms with van der Waals surface area (Å²) in [5, 5.41) is 6.06. The smallest absolute Gasteiger partial charge is 0.316 e. The summed E-state index contributed by atoms with van der Waals surface area (Å²) in [6, 6.07) is 7.46. The van der Waals surface area contributed by atoms with Crippen LogP contribution in [0.5, 0.6) is 0 Å². The molecule has 106 valence electrons. The normalized spacial score (nSPS) is 16.4. The Balaban J connectivity index is 1.88. The zero-order valence-electron chi connectivity index (χ0n) is 11.4. The molecule has 0 aromatic heterocycles. The first kappa shape index (κ1) is 14.2. The summed E-state index contributed by atoms with van der Waals surface area (Å²) in [6.45, 7) is 2.76. The summed E-state index contributed by atoms with van der Waals surface area (Å²) >= 11 is 0. The van der Waals surface area contributed by atoms with Crippen molar-refractivity contribution in [3.05, 3.63) is 24.3 Å². The Kier molecular flexibility index (Phi) is 4.85. The van der Waals surface area contributed by atoms with Gasteiger partial charge in [-0.2, -0.15) is 0 Å². The van der Waals surface area contributed by atoms with E-state index >= 15 is 0 Å². The molecule has 0 saturated carbocycles. The molecule has 4 N–H and O–H groups in total. The van der Waals surface area contributed by atoms with Gasteiger partial charge in [-0.3, -0.25) is 4.90 Å². The largest absolute Gasteiger partial charge is 0.382 e. The van der Waals surface area contributed by atoms with Crippen LogP contribution in [-0.4, -0.2) is 36.6 Å². The highest BCUT2D eigenvalue weighted by Gasteiger charge is 2.18. The molecule has 1 saturated heterocycles. The fourth-order valence-electron chi connectivity index (χ4n) is 2.43. The average Bonchev–Trinajstić information content (AvgIpc) is 2.41. The van der Waals surface area contributed by atoms with Gasteiger partial charge in [0.05, 0.1) is 6.54 Å². The number of likely N-dealkylation sites (tertiary alicyclic amines) is 1. The van der Waals surface area contributed by atoms with Gasteiger partial charge < -0.3 is 16.4 Å². The molecule has 5 heteroatoms. The minimum absolute atomic E-state index is 0.438. The topological polar surface area (TPSA) is 70.4 Å². The molecule has 2 amide bonds. The van der Waals surface area contributed by atoms with Gasteiger partial charge in [0.2, 0.25) is 0 Å². The zero-order chi connectivity index (χ0) is 14.4. The lowest BCUT2D eigenvalue weighted by atomic mass is 10.0. The molecule has 0 bridgehead atoms. The van der Waals surface area contributed by atoms with Crippen molar-refractivity contribution in [2.75, 3.05) is 30.3 Å². The summed E-state index contributed by atoms with van der Waals surface area (Å²) in [5.41, 5.74) is 6.80. The number of hydrogen-bond acceptors (Lipinski definition) is 3. The van der Waals surface area contributed by atoms with Crippen molar-refractivity contribution in [2.24, 2.45) is 5.73 Å². The second-order valence-corrected chi connectivity index (χ2v) is 4.97. The number of nitrogens with zero attached hydrogens (tertiary/aromatic N) is 1. The van der Waals surface area contributed by atoms with Crippen LogP contribution in [0.15, 0.2) is 24.3 Å². The molecule has 5 nitrogen and oxygen atoms in total. The molecule has 1 heterocycles. The molecule has 0 unspecified atom stereocenters. The number of primary amides is 1. The third-order valence-electron chi connectivity index (χ3n) is 3.40. The predicted octanol–water partition coefficient (Wildman–Crippen LogP) is 1.69. The Morgan fingerprint density at radius 1 is 1.40 bits per heavy atom. The predicted molar refractivity (Wildman–Crippen MR) is 81.6 cm³/mol. The molecule has 1 aromatic carbocycles. The quantitative estimate of drug-likeness (QED) is 0.730. The monoisotopic (exact) mass is 272 g/mol. The highest BCUT2D eigenvalue weighted by molar-refractivity contribution is 5.88. The number of nitrogens with two attached hydrogens (primary N) is 1. The molecular formula is C15H20N4O. The van der Waals surface area contributed by atoms with Gasteiger partial charge in [0.15, 0.2) is 0 Å². The van der Waals surface area contributed by atoms with Gasteiger partial charge in [-0.05, 0) is 31.0 Å². The van der Waals surface area contributed by atoms with E-state index in [9.17, 15) is 4.79 Å². The number of carbonyl (C=O) groups is 1. The second kappa shape index (κ2) is 6.83. The van der Waals surface area contributed by atoms with E-state index in [0.29, 0.717) is 11.7 Å². The van der Waals surface area contributed by atoms with Crippen molar-refractivity contribution >= 4 is 17.4 Å². The number of nitrogens with one attached hydrogen (secondary N) is 2. The van der Waals surface area contributed by atoms with Crippen LogP contribution in [-0.2, 0) is 0 Å². The fourth-order valence-corrected chi connectivity index (χ4v) is 2.43. The van der Waals surface area contributed by atoms with Gasteiger partial charge in [-0.15, -0.1) is 6.42 Å². The number of hydrogen-bond donors (Lipinski definition) is 3.